The van der Waals surface area contributed by atoms with Gasteiger partial charge in [0, 0.05) is 17.5 Å². The smallest absolute Gasteiger partial charge is 0.310 e. The largest absolute Gasteiger partial charge is 0.416 e. The molecule has 1 N–H and O–H groups in total. The van der Waals surface area contributed by atoms with E-state index in [1.54, 1.807) is 5.38 Å². The first kappa shape index (κ1) is 20.1. The number of anilines is 1. The molecule has 0 unspecified atom stereocenters. The summed E-state index contributed by atoms with van der Waals surface area (Å²) in [7, 11) is 0. The fourth-order valence-electron chi connectivity index (χ4n) is 3.15. The van der Waals surface area contributed by atoms with Gasteiger partial charge in [0.25, 0.3) is 0 Å². The lowest BCUT2D eigenvalue weighted by atomic mass is 10.1. The number of carbonyl (C=O) groups is 1. The minimum absolute atomic E-state index is 0.0457. The molecule has 0 saturated carbocycles. The molecule has 0 atom stereocenters. The van der Waals surface area contributed by atoms with Crippen molar-refractivity contribution in [2.24, 2.45) is 0 Å². The molecule has 154 valence electrons. The normalized spacial score (nSPS) is 11.7. The lowest BCUT2D eigenvalue weighted by Gasteiger charge is -2.07. The summed E-state index contributed by atoms with van der Waals surface area (Å²) in [6, 6.07) is 12.5. The molecular formula is C21H17F3N4OS. The van der Waals surface area contributed by atoms with Crippen molar-refractivity contribution in [3.8, 4) is 10.6 Å². The first-order valence-corrected chi connectivity index (χ1v) is 10.1. The van der Waals surface area contributed by atoms with E-state index in [1.807, 2.05) is 35.8 Å². The number of nitrogens with zero attached hydrogens (tertiary/aromatic N) is 3. The summed E-state index contributed by atoms with van der Waals surface area (Å²) in [5, 5.41) is 5.12. The second-order valence-electron chi connectivity index (χ2n) is 6.61. The standard InChI is InChI=1S/C21H17F3N4OS/c1-2-28-17-6-4-3-5-16(17)26-20(28)27-18(29)11-15-12-30-19(25-15)13-7-9-14(10-8-13)21(22,23)24/h3-10,12H,2,11H2,1H3,(H,26,27,29). The highest BCUT2D eigenvalue weighted by molar-refractivity contribution is 7.13. The number of imidazole rings is 1. The number of halogens is 3. The molecule has 0 saturated heterocycles. The number of carbonyl (C=O) groups excluding carboxylic acids is 1. The summed E-state index contributed by atoms with van der Waals surface area (Å²) >= 11 is 1.28. The second-order valence-corrected chi connectivity index (χ2v) is 7.47. The number of hydrogen-bond donors (Lipinski definition) is 1. The van der Waals surface area contributed by atoms with Crippen LogP contribution >= 0.6 is 11.3 Å². The number of aromatic nitrogens is 3. The van der Waals surface area contributed by atoms with E-state index >= 15 is 0 Å². The van der Waals surface area contributed by atoms with E-state index in [-0.39, 0.29) is 12.3 Å². The van der Waals surface area contributed by atoms with Gasteiger partial charge in [-0.25, -0.2) is 9.97 Å². The first-order chi connectivity index (χ1) is 14.3. The van der Waals surface area contributed by atoms with Gasteiger partial charge < -0.3 is 4.57 Å². The average Bonchev–Trinajstić information content (AvgIpc) is 3.31. The van der Waals surface area contributed by atoms with E-state index in [9.17, 15) is 18.0 Å². The fraction of sp³-hybridized carbons (Fsp3) is 0.190. The molecule has 2 heterocycles. The molecule has 9 heteroatoms. The summed E-state index contributed by atoms with van der Waals surface area (Å²) in [6.07, 6.45) is -4.33. The predicted molar refractivity (Wildman–Crippen MR) is 110 cm³/mol. The molecule has 30 heavy (non-hydrogen) atoms. The van der Waals surface area contributed by atoms with Crippen LogP contribution in [-0.4, -0.2) is 20.4 Å². The summed E-state index contributed by atoms with van der Waals surface area (Å²) in [5.74, 6) is 0.214. The summed E-state index contributed by atoms with van der Waals surface area (Å²) in [4.78, 5) is 21.4. The van der Waals surface area contributed by atoms with Crippen molar-refractivity contribution in [2.45, 2.75) is 26.1 Å². The van der Waals surface area contributed by atoms with Crippen LogP contribution in [0.25, 0.3) is 21.6 Å². The molecule has 0 aliphatic carbocycles. The van der Waals surface area contributed by atoms with Crippen LogP contribution in [0, 0.1) is 0 Å². The second kappa shape index (κ2) is 7.91. The van der Waals surface area contributed by atoms with Gasteiger partial charge in [-0.2, -0.15) is 13.2 Å². The number of thiazole rings is 1. The van der Waals surface area contributed by atoms with Crippen molar-refractivity contribution in [3.05, 3.63) is 65.2 Å². The minimum Gasteiger partial charge on any atom is -0.310 e. The molecule has 1 amide bonds. The molecule has 2 aromatic heterocycles. The van der Waals surface area contributed by atoms with Gasteiger partial charge in [-0.05, 0) is 31.2 Å². The number of fused-ring (bicyclic) bond motifs is 1. The molecule has 4 aromatic rings. The highest BCUT2D eigenvalue weighted by Crippen LogP contribution is 2.32. The Morgan fingerprint density at radius 2 is 1.83 bits per heavy atom. The van der Waals surface area contributed by atoms with Gasteiger partial charge in [0.15, 0.2) is 0 Å². The van der Waals surface area contributed by atoms with Crippen LogP contribution in [0.3, 0.4) is 0 Å². The van der Waals surface area contributed by atoms with Crippen LogP contribution in [0.1, 0.15) is 18.2 Å². The van der Waals surface area contributed by atoms with Gasteiger partial charge in [-0.3, -0.25) is 10.1 Å². The molecule has 0 spiro atoms. The van der Waals surface area contributed by atoms with Gasteiger partial charge in [0.2, 0.25) is 11.9 Å². The van der Waals surface area contributed by atoms with Crippen molar-refractivity contribution in [3.63, 3.8) is 0 Å². The van der Waals surface area contributed by atoms with E-state index < -0.39 is 11.7 Å². The maximum absolute atomic E-state index is 12.7. The summed E-state index contributed by atoms with van der Waals surface area (Å²) in [5.41, 5.74) is 2.15. The van der Waals surface area contributed by atoms with Crippen LogP contribution in [0.15, 0.2) is 53.9 Å². The zero-order chi connectivity index (χ0) is 21.3. The molecule has 0 aliphatic heterocycles. The predicted octanol–water partition coefficient (Wildman–Crippen LogP) is 5.38. The van der Waals surface area contributed by atoms with E-state index in [0.29, 0.717) is 28.8 Å². The first-order valence-electron chi connectivity index (χ1n) is 9.22. The lowest BCUT2D eigenvalue weighted by molar-refractivity contribution is -0.137. The van der Waals surface area contributed by atoms with Crippen molar-refractivity contribution in [1.29, 1.82) is 0 Å². The van der Waals surface area contributed by atoms with Crippen LogP contribution in [0.4, 0.5) is 19.1 Å². The van der Waals surface area contributed by atoms with Crippen molar-refractivity contribution in [1.82, 2.24) is 14.5 Å². The Balaban J connectivity index is 1.47. The van der Waals surface area contributed by atoms with Gasteiger partial charge >= 0.3 is 6.18 Å². The van der Waals surface area contributed by atoms with Crippen molar-refractivity contribution < 1.29 is 18.0 Å². The Bertz CT molecular complexity index is 1200. The number of hydrogen-bond acceptors (Lipinski definition) is 4. The third-order valence-electron chi connectivity index (χ3n) is 4.57. The molecule has 0 aliphatic rings. The maximum Gasteiger partial charge on any atom is 0.416 e. The molecule has 0 fully saturated rings. The Kier molecular flexibility index (Phi) is 5.29. The third-order valence-corrected chi connectivity index (χ3v) is 5.51. The van der Waals surface area contributed by atoms with Crippen molar-refractivity contribution in [2.75, 3.05) is 5.32 Å². The average molecular weight is 430 g/mol. The molecule has 0 radical (unpaired) electrons. The third kappa shape index (κ3) is 4.06. The topological polar surface area (TPSA) is 59.8 Å². The van der Waals surface area contributed by atoms with Crippen molar-refractivity contribution >= 4 is 34.2 Å². The number of benzene rings is 2. The highest BCUT2D eigenvalue weighted by Gasteiger charge is 2.30. The lowest BCUT2D eigenvalue weighted by Crippen LogP contribution is -2.17. The Morgan fingerprint density at radius 3 is 2.53 bits per heavy atom. The van der Waals surface area contributed by atoms with Crippen LogP contribution in [0.5, 0.6) is 0 Å². The van der Waals surface area contributed by atoms with Crippen LogP contribution < -0.4 is 5.32 Å². The van der Waals surface area contributed by atoms with E-state index in [0.717, 1.165) is 23.2 Å². The fourth-order valence-corrected chi connectivity index (χ4v) is 3.97. The number of alkyl halides is 3. The number of nitrogens with one attached hydrogen (secondary N) is 1. The Morgan fingerprint density at radius 1 is 1.10 bits per heavy atom. The van der Waals surface area contributed by atoms with Gasteiger partial charge in [0.1, 0.15) is 5.01 Å². The number of para-hydroxylation sites is 2. The Labute approximate surface area is 174 Å². The molecule has 2 aromatic carbocycles. The quantitative estimate of drug-likeness (QED) is 0.463. The summed E-state index contributed by atoms with van der Waals surface area (Å²) in [6.45, 7) is 2.63. The van der Waals surface area contributed by atoms with Crippen LogP contribution in [0.2, 0.25) is 0 Å². The molecule has 0 bridgehead atoms. The van der Waals surface area contributed by atoms with Gasteiger partial charge in [-0.1, -0.05) is 24.3 Å². The number of rotatable bonds is 5. The van der Waals surface area contributed by atoms with Gasteiger partial charge in [-0.15, -0.1) is 11.3 Å². The molecule has 4 rings (SSSR count). The molecular weight excluding hydrogens is 413 g/mol. The SMILES string of the molecule is CCn1c(NC(=O)Cc2csc(-c3ccc(C(F)(F)F)cc3)n2)nc2ccccc21. The minimum atomic E-state index is -4.38. The summed E-state index contributed by atoms with van der Waals surface area (Å²) < 4.78 is 40.0. The maximum atomic E-state index is 12.7. The van der Waals surface area contributed by atoms with E-state index in [2.05, 4.69) is 15.3 Å². The zero-order valence-electron chi connectivity index (χ0n) is 15.9. The van der Waals surface area contributed by atoms with E-state index in [4.69, 9.17) is 0 Å². The molecule has 5 nitrogen and oxygen atoms in total. The Hall–Kier alpha value is -3.20. The number of aryl methyl sites for hydroxylation is 1. The van der Waals surface area contributed by atoms with E-state index in [1.165, 1.54) is 23.5 Å². The zero-order valence-corrected chi connectivity index (χ0v) is 16.7. The van der Waals surface area contributed by atoms with Gasteiger partial charge in [0.05, 0.1) is 28.7 Å². The highest BCUT2D eigenvalue weighted by atomic mass is 32.1. The number of amides is 1. The van der Waals surface area contributed by atoms with Crippen LogP contribution in [-0.2, 0) is 23.9 Å². The monoisotopic (exact) mass is 430 g/mol.